The normalized spacial score (nSPS) is 17.0. The molecular formula is C20H33N3O2. The van der Waals surface area contributed by atoms with E-state index < -0.39 is 0 Å². The molecule has 25 heavy (non-hydrogen) atoms. The highest BCUT2D eigenvalue weighted by Crippen LogP contribution is 2.26. The van der Waals surface area contributed by atoms with E-state index in [-0.39, 0.29) is 11.0 Å². The fraction of sp³-hybridized carbons (Fsp3) is 0.650. The topological polar surface area (TPSA) is 54.9 Å². The fourth-order valence-electron chi connectivity index (χ4n) is 2.57. The van der Waals surface area contributed by atoms with Crippen LogP contribution >= 0.6 is 0 Å². The molecule has 5 heteroatoms. The molecule has 1 aliphatic heterocycles. The molecule has 0 radical (unpaired) electrons. The van der Waals surface area contributed by atoms with Gasteiger partial charge in [-0.1, -0.05) is 19.1 Å². The Morgan fingerprint density at radius 3 is 2.56 bits per heavy atom. The molecule has 1 aromatic rings. The minimum Gasteiger partial charge on any atom is -0.488 e. The highest BCUT2D eigenvalue weighted by atomic mass is 16.5. The van der Waals surface area contributed by atoms with Crippen molar-refractivity contribution >= 4 is 5.96 Å². The molecule has 2 N–H and O–H groups in total. The first-order chi connectivity index (χ1) is 11.7. The largest absolute Gasteiger partial charge is 0.488 e. The summed E-state index contributed by atoms with van der Waals surface area (Å²) in [5.41, 5.74) is 2.26. The van der Waals surface area contributed by atoms with Crippen molar-refractivity contribution in [3.63, 3.8) is 0 Å². The average Bonchev–Trinajstić information content (AvgIpc) is 2.48. The number of hydrogen-bond acceptors (Lipinski definition) is 3. The second-order valence-corrected chi connectivity index (χ2v) is 8.18. The van der Waals surface area contributed by atoms with Gasteiger partial charge in [-0.15, -0.1) is 0 Å². The van der Waals surface area contributed by atoms with Gasteiger partial charge in [-0.2, -0.15) is 0 Å². The van der Waals surface area contributed by atoms with Gasteiger partial charge in [0.05, 0.1) is 19.8 Å². The highest BCUT2D eigenvalue weighted by molar-refractivity contribution is 5.79. The number of hydrogen-bond donors (Lipinski definition) is 2. The molecular weight excluding hydrogens is 314 g/mol. The van der Waals surface area contributed by atoms with Gasteiger partial charge >= 0.3 is 0 Å². The van der Waals surface area contributed by atoms with Crippen LogP contribution in [0.1, 0.15) is 45.7 Å². The van der Waals surface area contributed by atoms with E-state index in [1.54, 1.807) is 0 Å². The zero-order chi connectivity index (χ0) is 18.5. The zero-order valence-electron chi connectivity index (χ0n) is 16.5. The number of aliphatic imine (C=N–C) groups is 1. The van der Waals surface area contributed by atoms with Gasteiger partial charge in [-0.3, -0.25) is 0 Å². The van der Waals surface area contributed by atoms with Crippen LogP contribution in [0.4, 0.5) is 0 Å². The van der Waals surface area contributed by atoms with E-state index in [1.165, 1.54) is 5.56 Å². The van der Waals surface area contributed by atoms with Crippen molar-refractivity contribution in [3.8, 4) is 5.75 Å². The van der Waals surface area contributed by atoms with Crippen LogP contribution in [0.15, 0.2) is 23.2 Å². The van der Waals surface area contributed by atoms with E-state index >= 15 is 0 Å². The van der Waals surface area contributed by atoms with Crippen LogP contribution in [-0.2, 0) is 11.3 Å². The van der Waals surface area contributed by atoms with Crippen molar-refractivity contribution in [2.45, 2.75) is 53.7 Å². The van der Waals surface area contributed by atoms with E-state index in [0.29, 0.717) is 6.54 Å². The molecule has 0 aliphatic carbocycles. The Labute approximate surface area is 152 Å². The predicted octanol–water partition coefficient (Wildman–Crippen LogP) is 3.26. The van der Waals surface area contributed by atoms with Crippen LogP contribution in [-0.4, -0.2) is 37.9 Å². The van der Waals surface area contributed by atoms with Crippen LogP contribution in [0.3, 0.4) is 0 Å². The van der Waals surface area contributed by atoms with Crippen molar-refractivity contribution in [1.82, 2.24) is 10.6 Å². The summed E-state index contributed by atoms with van der Waals surface area (Å²) < 4.78 is 11.4. The number of benzene rings is 1. The highest BCUT2D eigenvalue weighted by Gasteiger charge is 2.33. The van der Waals surface area contributed by atoms with Crippen LogP contribution in [0.5, 0.6) is 5.75 Å². The third-order valence-corrected chi connectivity index (χ3v) is 3.97. The van der Waals surface area contributed by atoms with Gasteiger partial charge in [-0.05, 0) is 46.2 Å². The number of rotatable bonds is 6. The van der Waals surface area contributed by atoms with Crippen LogP contribution in [0, 0.1) is 12.3 Å². The Morgan fingerprint density at radius 1 is 1.28 bits per heavy atom. The smallest absolute Gasteiger partial charge is 0.191 e. The molecule has 1 heterocycles. The van der Waals surface area contributed by atoms with Crippen molar-refractivity contribution in [2.24, 2.45) is 10.4 Å². The van der Waals surface area contributed by atoms with Gasteiger partial charge in [0, 0.05) is 24.1 Å². The number of nitrogens with one attached hydrogen (secondary N) is 2. The van der Waals surface area contributed by atoms with Crippen molar-refractivity contribution < 1.29 is 9.47 Å². The Morgan fingerprint density at radius 2 is 2.00 bits per heavy atom. The average molecular weight is 348 g/mol. The summed E-state index contributed by atoms with van der Waals surface area (Å²) >= 11 is 0. The SMILES string of the molecule is CCNC(=NCc1ccc(C)cc1OC(C)(C)C)NCC1(C)COC1. The van der Waals surface area contributed by atoms with Crippen molar-refractivity contribution in [1.29, 1.82) is 0 Å². The molecule has 0 saturated carbocycles. The second-order valence-electron chi connectivity index (χ2n) is 8.18. The van der Waals surface area contributed by atoms with Gasteiger partial charge in [0.15, 0.2) is 5.96 Å². The minimum atomic E-state index is -0.228. The van der Waals surface area contributed by atoms with Gasteiger partial charge in [-0.25, -0.2) is 4.99 Å². The van der Waals surface area contributed by atoms with Crippen molar-refractivity contribution in [3.05, 3.63) is 29.3 Å². The Kier molecular flexibility index (Phi) is 6.33. The first-order valence-electron chi connectivity index (χ1n) is 9.09. The maximum absolute atomic E-state index is 6.12. The third kappa shape index (κ3) is 6.24. The van der Waals surface area contributed by atoms with Crippen molar-refractivity contribution in [2.75, 3.05) is 26.3 Å². The molecule has 0 bridgehead atoms. The van der Waals surface area contributed by atoms with Gasteiger partial charge < -0.3 is 20.1 Å². The molecule has 5 nitrogen and oxygen atoms in total. The Bertz CT molecular complexity index is 601. The summed E-state index contributed by atoms with van der Waals surface area (Å²) in [6.07, 6.45) is 0. The Balaban J connectivity index is 2.08. The van der Waals surface area contributed by atoms with Gasteiger partial charge in [0.25, 0.3) is 0 Å². The predicted molar refractivity (Wildman–Crippen MR) is 103 cm³/mol. The summed E-state index contributed by atoms with van der Waals surface area (Å²) in [5, 5.41) is 6.74. The molecule has 1 aliphatic rings. The van der Waals surface area contributed by atoms with Crippen LogP contribution in [0.2, 0.25) is 0 Å². The number of aryl methyl sites for hydroxylation is 1. The summed E-state index contributed by atoms with van der Waals surface area (Å²) in [6, 6.07) is 6.29. The molecule has 0 aromatic heterocycles. The maximum atomic E-state index is 6.12. The number of nitrogens with zero attached hydrogens (tertiary/aromatic N) is 1. The maximum Gasteiger partial charge on any atom is 0.191 e. The van der Waals surface area contributed by atoms with E-state index in [2.05, 4.69) is 70.4 Å². The summed E-state index contributed by atoms with van der Waals surface area (Å²) in [4.78, 5) is 4.74. The monoisotopic (exact) mass is 347 g/mol. The molecule has 0 unspecified atom stereocenters. The summed E-state index contributed by atoms with van der Waals surface area (Å²) in [5.74, 6) is 1.74. The van der Waals surface area contributed by atoms with Gasteiger partial charge in [0.2, 0.25) is 0 Å². The first-order valence-corrected chi connectivity index (χ1v) is 9.09. The van der Waals surface area contributed by atoms with Crippen LogP contribution in [0.25, 0.3) is 0 Å². The van der Waals surface area contributed by atoms with E-state index in [1.807, 2.05) is 0 Å². The molecule has 0 atom stereocenters. The standard InChI is InChI=1S/C20H33N3O2/c1-7-21-18(23-12-20(6)13-24-14-20)22-11-16-9-8-15(2)10-17(16)25-19(3,4)5/h8-10H,7,11-14H2,1-6H3,(H2,21,22,23). The van der Waals surface area contributed by atoms with E-state index in [9.17, 15) is 0 Å². The molecule has 1 saturated heterocycles. The minimum absolute atomic E-state index is 0.209. The molecule has 2 rings (SSSR count). The van der Waals surface area contributed by atoms with Gasteiger partial charge in [0.1, 0.15) is 11.4 Å². The number of ether oxygens (including phenoxy) is 2. The lowest BCUT2D eigenvalue weighted by Crippen LogP contribution is -2.51. The molecule has 1 fully saturated rings. The lowest BCUT2D eigenvalue weighted by atomic mass is 9.89. The summed E-state index contributed by atoms with van der Waals surface area (Å²) in [6.45, 7) is 16.5. The fourth-order valence-corrected chi connectivity index (χ4v) is 2.57. The van der Waals surface area contributed by atoms with E-state index in [4.69, 9.17) is 14.5 Å². The lowest BCUT2D eigenvalue weighted by molar-refractivity contribution is -0.0971. The summed E-state index contributed by atoms with van der Waals surface area (Å²) in [7, 11) is 0. The second kappa shape index (κ2) is 8.09. The van der Waals surface area contributed by atoms with E-state index in [0.717, 1.165) is 43.6 Å². The molecule has 0 spiro atoms. The number of guanidine groups is 1. The quantitative estimate of drug-likeness (QED) is 0.613. The van der Waals surface area contributed by atoms with Crippen LogP contribution < -0.4 is 15.4 Å². The zero-order valence-corrected chi connectivity index (χ0v) is 16.5. The lowest BCUT2D eigenvalue weighted by Gasteiger charge is -2.38. The molecule has 0 amide bonds. The Hall–Kier alpha value is -1.75. The molecule has 140 valence electrons. The molecule has 1 aromatic carbocycles. The first kappa shape index (κ1) is 19.6. The third-order valence-electron chi connectivity index (χ3n) is 3.97.